The van der Waals surface area contributed by atoms with E-state index < -0.39 is 11.5 Å². The second-order valence-corrected chi connectivity index (χ2v) is 7.17. The van der Waals surface area contributed by atoms with Crippen LogP contribution in [0, 0.1) is 5.41 Å². The van der Waals surface area contributed by atoms with Crippen molar-refractivity contribution in [3.8, 4) is 0 Å². The Hall–Kier alpha value is -1.85. The summed E-state index contributed by atoms with van der Waals surface area (Å²) in [5.74, 6) is -0.428. The normalized spacial score (nSPS) is 19.1. The Bertz CT molecular complexity index is 520. The molecule has 0 bridgehead atoms. The highest BCUT2D eigenvalue weighted by atomic mass is 16.5. The SMILES string of the molecule is CCC[C@H](NC(=O)C(C)(C)C)C(=O)N1C(=O)C=C(OC)[C@H]1CCC. The Balaban J connectivity index is 3.01. The summed E-state index contributed by atoms with van der Waals surface area (Å²) in [6, 6.07) is -1.08. The molecule has 1 aliphatic rings. The molecule has 6 heteroatoms. The lowest BCUT2D eigenvalue weighted by molar-refractivity contribution is -0.147. The number of imide groups is 1. The molecule has 0 fully saturated rings. The average molecular weight is 338 g/mol. The van der Waals surface area contributed by atoms with Crippen molar-refractivity contribution in [2.75, 3.05) is 7.11 Å². The van der Waals surface area contributed by atoms with Crippen LogP contribution < -0.4 is 5.32 Å². The fourth-order valence-corrected chi connectivity index (χ4v) is 2.66. The molecule has 1 N–H and O–H groups in total. The molecular weight excluding hydrogens is 308 g/mol. The second-order valence-electron chi connectivity index (χ2n) is 7.17. The van der Waals surface area contributed by atoms with Crippen LogP contribution in [0.1, 0.15) is 60.3 Å². The molecule has 0 aromatic rings. The van der Waals surface area contributed by atoms with Crippen molar-refractivity contribution in [1.29, 1.82) is 0 Å². The summed E-state index contributed by atoms with van der Waals surface area (Å²) < 4.78 is 5.26. The van der Waals surface area contributed by atoms with Crippen molar-refractivity contribution in [3.63, 3.8) is 0 Å². The van der Waals surface area contributed by atoms with Gasteiger partial charge in [0.15, 0.2) is 0 Å². The maximum atomic E-state index is 13.0. The zero-order valence-corrected chi connectivity index (χ0v) is 15.6. The van der Waals surface area contributed by atoms with Crippen molar-refractivity contribution < 1.29 is 19.1 Å². The van der Waals surface area contributed by atoms with Gasteiger partial charge in [0.25, 0.3) is 11.8 Å². The number of rotatable bonds is 7. The third-order valence-electron chi connectivity index (χ3n) is 4.04. The number of nitrogens with one attached hydrogen (secondary N) is 1. The van der Waals surface area contributed by atoms with Crippen LogP contribution in [0.3, 0.4) is 0 Å². The van der Waals surface area contributed by atoms with Gasteiger partial charge in [-0.15, -0.1) is 0 Å². The number of hydrogen-bond donors (Lipinski definition) is 1. The second kappa shape index (κ2) is 8.31. The maximum Gasteiger partial charge on any atom is 0.257 e. The first-order valence-corrected chi connectivity index (χ1v) is 8.60. The van der Waals surface area contributed by atoms with E-state index in [4.69, 9.17) is 4.74 Å². The summed E-state index contributed by atoms with van der Waals surface area (Å²) in [5.41, 5.74) is -0.597. The minimum absolute atomic E-state index is 0.201. The van der Waals surface area contributed by atoms with Crippen molar-refractivity contribution in [2.24, 2.45) is 5.41 Å². The summed E-state index contributed by atoms with van der Waals surface area (Å²) in [6.45, 7) is 9.31. The topological polar surface area (TPSA) is 75.7 Å². The number of ether oxygens (including phenoxy) is 1. The van der Waals surface area contributed by atoms with Gasteiger partial charge in [0, 0.05) is 11.5 Å². The molecular formula is C18H30N2O4. The van der Waals surface area contributed by atoms with Crippen LogP contribution in [-0.4, -0.2) is 41.8 Å². The lowest BCUT2D eigenvalue weighted by Gasteiger charge is -2.30. The first-order valence-electron chi connectivity index (χ1n) is 8.60. The number of carbonyl (C=O) groups is 3. The van der Waals surface area contributed by atoms with E-state index in [2.05, 4.69) is 5.32 Å². The molecule has 2 atom stereocenters. The van der Waals surface area contributed by atoms with Gasteiger partial charge >= 0.3 is 0 Å². The summed E-state index contributed by atoms with van der Waals surface area (Å²) in [4.78, 5) is 38.8. The highest BCUT2D eigenvalue weighted by molar-refractivity contribution is 6.06. The van der Waals surface area contributed by atoms with Crippen LogP contribution in [0.25, 0.3) is 0 Å². The number of methoxy groups -OCH3 is 1. The minimum Gasteiger partial charge on any atom is -0.499 e. The molecule has 1 aliphatic heterocycles. The summed E-state index contributed by atoms with van der Waals surface area (Å²) in [6.07, 6.45) is 4.04. The standard InChI is InChI=1S/C18H30N2O4/c1-7-9-12(19-17(23)18(3,4)5)16(22)20-13(10-8-2)14(24-6)11-15(20)21/h11-13H,7-10H2,1-6H3,(H,19,23)/t12-,13+/m0/s1. The third kappa shape index (κ3) is 4.58. The summed E-state index contributed by atoms with van der Waals surface area (Å²) in [5, 5.41) is 2.80. The zero-order valence-electron chi connectivity index (χ0n) is 15.6. The lowest BCUT2D eigenvalue weighted by atomic mass is 9.94. The Labute approximate surface area is 144 Å². The number of hydrogen-bond acceptors (Lipinski definition) is 4. The third-order valence-corrected chi connectivity index (χ3v) is 4.04. The van der Waals surface area contributed by atoms with Crippen molar-refractivity contribution in [3.05, 3.63) is 11.8 Å². The molecule has 136 valence electrons. The van der Waals surface area contributed by atoms with Gasteiger partial charge in [-0.2, -0.15) is 0 Å². The van der Waals surface area contributed by atoms with Gasteiger partial charge < -0.3 is 10.1 Å². The van der Waals surface area contributed by atoms with E-state index in [-0.39, 0.29) is 23.8 Å². The summed E-state index contributed by atoms with van der Waals surface area (Å²) in [7, 11) is 1.50. The minimum atomic E-state index is -0.699. The first-order chi connectivity index (χ1) is 11.2. The molecule has 0 aliphatic carbocycles. The molecule has 0 saturated carbocycles. The Morgan fingerprint density at radius 3 is 2.38 bits per heavy atom. The van der Waals surface area contributed by atoms with Crippen molar-refractivity contribution in [2.45, 2.75) is 72.4 Å². The average Bonchev–Trinajstić information content (AvgIpc) is 2.81. The fourth-order valence-electron chi connectivity index (χ4n) is 2.66. The molecule has 1 heterocycles. The van der Waals surface area contributed by atoms with Crippen LogP contribution in [0.4, 0.5) is 0 Å². The van der Waals surface area contributed by atoms with Gasteiger partial charge in [-0.05, 0) is 12.8 Å². The van der Waals surface area contributed by atoms with Crippen LogP contribution in [0.2, 0.25) is 0 Å². The molecule has 0 aromatic heterocycles. The van der Waals surface area contributed by atoms with Crippen LogP contribution in [-0.2, 0) is 19.1 Å². The Morgan fingerprint density at radius 2 is 1.92 bits per heavy atom. The highest BCUT2D eigenvalue weighted by Gasteiger charge is 2.41. The molecule has 3 amide bonds. The van der Waals surface area contributed by atoms with E-state index in [1.165, 1.54) is 18.1 Å². The molecule has 6 nitrogen and oxygen atoms in total. The predicted octanol–water partition coefficient (Wildman–Crippen LogP) is 2.39. The molecule has 0 unspecified atom stereocenters. The molecule has 0 radical (unpaired) electrons. The van der Waals surface area contributed by atoms with Crippen molar-refractivity contribution >= 4 is 17.7 Å². The lowest BCUT2D eigenvalue weighted by Crippen LogP contribution is -2.53. The quantitative estimate of drug-likeness (QED) is 0.773. The summed E-state index contributed by atoms with van der Waals surface area (Å²) >= 11 is 0. The van der Waals surface area contributed by atoms with E-state index in [9.17, 15) is 14.4 Å². The van der Waals surface area contributed by atoms with Crippen LogP contribution in [0.15, 0.2) is 11.8 Å². The van der Waals surface area contributed by atoms with Crippen molar-refractivity contribution in [1.82, 2.24) is 10.2 Å². The Morgan fingerprint density at radius 1 is 1.29 bits per heavy atom. The number of nitrogens with zero attached hydrogens (tertiary/aromatic N) is 1. The van der Waals surface area contributed by atoms with E-state index in [0.29, 0.717) is 18.6 Å². The fraction of sp³-hybridized carbons (Fsp3) is 0.722. The largest absolute Gasteiger partial charge is 0.499 e. The van der Waals surface area contributed by atoms with E-state index in [0.717, 1.165) is 12.8 Å². The van der Waals surface area contributed by atoms with Gasteiger partial charge in [-0.3, -0.25) is 19.3 Å². The molecule has 1 rings (SSSR count). The molecule has 0 saturated heterocycles. The maximum absolute atomic E-state index is 13.0. The molecule has 24 heavy (non-hydrogen) atoms. The molecule has 0 aromatic carbocycles. The number of carbonyl (C=O) groups excluding carboxylic acids is 3. The van der Waals surface area contributed by atoms with E-state index in [1.54, 1.807) is 20.8 Å². The zero-order chi connectivity index (χ0) is 18.5. The van der Waals surface area contributed by atoms with E-state index >= 15 is 0 Å². The van der Waals surface area contributed by atoms with Gasteiger partial charge in [0.05, 0.1) is 13.2 Å². The van der Waals surface area contributed by atoms with Gasteiger partial charge in [0.2, 0.25) is 5.91 Å². The van der Waals surface area contributed by atoms with Gasteiger partial charge in [-0.25, -0.2) is 0 Å². The highest BCUT2D eigenvalue weighted by Crippen LogP contribution is 2.26. The first kappa shape index (κ1) is 20.2. The van der Waals surface area contributed by atoms with Gasteiger partial charge in [0.1, 0.15) is 11.8 Å². The number of amides is 3. The van der Waals surface area contributed by atoms with E-state index in [1.807, 2.05) is 13.8 Å². The van der Waals surface area contributed by atoms with Crippen LogP contribution in [0.5, 0.6) is 0 Å². The Kier molecular flexibility index (Phi) is 6.99. The monoisotopic (exact) mass is 338 g/mol. The molecule has 0 spiro atoms. The predicted molar refractivity (Wildman–Crippen MR) is 91.9 cm³/mol. The van der Waals surface area contributed by atoms with Gasteiger partial charge in [-0.1, -0.05) is 47.5 Å². The smallest absolute Gasteiger partial charge is 0.257 e. The van der Waals surface area contributed by atoms with Crippen LogP contribution >= 0.6 is 0 Å².